The summed E-state index contributed by atoms with van der Waals surface area (Å²) < 4.78 is 0. The summed E-state index contributed by atoms with van der Waals surface area (Å²) >= 11 is 0. The molecule has 1 fully saturated rings. The number of aromatic nitrogens is 1. The number of nitrogens with zero attached hydrogens (tertiary/aromatic N) is 2. The van der Waals surface area contributed by atoms with Crippen molar-refractivity contribution in [2.45, 2.75) is 31.8 Å². The summed E-state index contributed by atoms with van der Waals surface area (Å²) in [6.07, 6.45) is 5.12. The highest BCUT2D eigenvalue weighted by atomic mass is 16.6. The van der Waals surface area contributed by atoms with Gasteiger partial charge in [0.15, 0.2) is 6.20 Å². The van der Waals surface area contributed by atoms with Crippen LogP contribution in [0.1, 0.15) is 25.7 Å². The third kappa shape index (κ3) is 3.40. The van der Waals surface area contributed by atoms with E-state index in [1.165, 1.54) is 12.3 Å². The second-order valence-electron chi connectivity index (χ2n) is 4.72. The maximum absolute atomic E-state index is 10.4. The molecule has 1 saturated carbocycles. The van der Waals surface area contributed by atoms with E-state index in [1.54, 1.807) is 6.07 Å². The Kier molecular flexibility index (Phi) is 4.09. The molecule has 1 aliphatic carbocycles. The minimum atomic E-state index is -0.508. The van der Waals surface area contributed by atoms with Gasteiger partial charge in [-0.15, -0.1) is 0 Å². The Morgan fingerprint density at radius 1 is 1.39 bits per heavy atom. The Balaban J connectivity index is 1.81. The SMILES string of the molecule is O=[N+]([O-])c1ccc(NCC2CCC(O)CC2)cn1. The van der Waals surface area contributed by atoms with Crippen molar-refractivity contribution in [2.75, 3.05) is 11.9 Å². The van der Waals surface area contributed by atoms with E-state index in [0.29, 0.717) is 5.92 Å². The molecule has 1 aliphatic rings. The number of nitrogens with one attached hydrogen (secondary N) is 1. The minimum absolute atomic E-state index is 0.137. The van der Waals surface area contributed by atoms with E-state index in [4.69, 9.17) is 0 Å². The van der Waals surface area contributed by atoms with Gasteiger partial charge in [-0.25, -0.2) is 0 Å². The molecule has 0 bridgehead atoms. The molecule has 6 nitrogen and oxygen atoms in total. The highest BCUT2D eigenvalue weighted by Crippen LogP contribution is 2.24. The molecule has 98 valence electrons. The summed E-state index contributed by atoms with van der Waals surface area (Å²) in [4.78, 5) is 13.7. The standard InChI is InChI=1S/C12H17N3O3/c16-11-4-1-9(2-5-11)7-13-10-3-6-12(14-8-10)15(17)18/h3,6,8-9,11,13,16H,1-2,4-5,7H2. The van der Waals surface area contributed by atoms with Crippen LogP contribution in [0.4, 0.5) is 11.5 Å². The van der Waals surface area contributed by atoms with Crippen LogP contribution in [0.25, 0.3) is 0 Å². The van der Waals surface area contributed by atoms with E-state index in [2.05, 4.69) is 10.3 Å². The number of nitro groups is 1. The molecule has 0 aliphatic heterocycles. The van der Waals surface area contributed by atoms with Gasteiger partial charge in [0.25, 0.3) is 0 Å². The first-order valence-corrected chi connectivity index (χ1v) is 6.17. The van der Waals surface area contributed by atoms with Crippen LogP contribution >= 0.6 is 0 Å². The lowest BCUT2D eigenvalue weighted by Crippen LogP contribution is -2.23. The van der Waals surface area contributed by atoms with Crippen molar-refractivity contribution < 1.29 is 10.0 Å². The van der Waals surface area contributed by atoms with Crippen LogP contribution in [-0.4, -0.2) is 27.7 Å². The Hall–Kier alpha value is -1.69. The molecule has 18 heavy (non-hydrogen) atoms. The lowest BCUT2D eigenvalue weighted by Gasteiger charge is -2.25. The van der Waals surface area contributed by atoms with Gasteiger partial charge >= 0.3 is 5.82 Å². The second-order valence-corrected chi connectivity index (χ2v) is 4.72. The predicted octanol–water partition coefficient (Wildman–Crippen LogP) is 1.95. The summed E-state index contributed by atoms with van der Waals surface area (Å²) in [5.41, 5.74) is 0.798. The monoisotopic (exact) mass is 251 g/mol. The topological polar surface area (TPSA) is 88.3 Å². The minimum Gasteiger partial charge on any atom is -0.393 e. The smallest absolute Gasteiger partial charge is 0.363 e. The molecule has 2 N–H and O–H groups in total. The van der Waals surface area contributed by atoms with Crippen molar-refractivity contribution in [1.82, 2.24) is 4.98 Å². The molecule has 0 spiro atoms. The van der Waals surface area contributed by atoms with Crippen LogP contribution in [0.15, 0.2) is 18.3 Å². The van der Waals surface area contributed by atoms with Crippen molar-refractivity contribution in [1.29, 1.82) is 0 Å². The molecule has 0 radical (unpaired) electrons. The van der Waals surface area contributed by atoms with Gasteiger partial charge in [0, 0.05) is 12.6 Å². The van der Waals surface area contributed by atoms with Gasteiger partial charge in [0.1, 0.15) is 0 Å². The largest absolute Gasteiger partial charge is 0.393 e. The molecule has 2 rings (SSSR count). The quantitative estimate of drug-likeness (QED) is 0.630. The number of anilines is 1. The highest BCUT2D eigenvalue weighted by molar-refractivity contribution is 5.43. The molecule has 1 aromatic heterocycles. The molecular formula is C12H17N3O3. The number of aliphatic hydroxyl groups excluding tert-OH is 1. The van der Waals surface area contributed by atoms with Gasteiger partial charge in [0.05, 0.1) is 11.8 Å². The van der Waals surface area contributed by atoms with Crippen LogP contribution in [0.3, 0.4) is 0 Å². The molecule has 0 unspecified atom stereocenters. The van der Waals surface area contributed by atoms with E-state index in [-0.39, 0.29) is 11.9 Å². The summed E-state index contributed by atoms with van der Waals surface area (Å²) in [6, 6.07) is 3.07. The lowest BCUT2D eigenvalue weighted by molar-refractivity contribution is -0.389. The van der Waals surface area contributed by atoms with Crippen molar-refractivity contribution in [2.24, 2.45) is 5.92 Å². The molecular weight excluding hydrogens is 234 g/mol. The molecule has 0 amide bonds. The zero-order valence-corrected chi connectivity index (χ0v) is 10.1. The summed E-state index contributed by atoms with van der Waals surface area (Å²) in [5.74, 6) is 0.421. The molecule has 1 aromatic rings. The molecule has 0 aromatic carbocycles. The normalized spacial score (nSPS) is 23.6. The van der Waals surface area contributed by atoms with Crippen LogP contribution in [-0.2, 0) is 0 Å². The third-order valence-electron chi connectivity index (χ3n) is 3.35. The molecule has 0 atom stereocenters. The van der Waals surface area contributed by atoms with Gasteiger partial charge in [-0.05, 0) is 47.6 Å². The zero-order valence-electron chi connectivity index (χ0n) is 10.1. The van der Waals surface area contributed by atoms with Crippen LogP contribution < -0.4 is 5.32 Å². The molecule has 6 heteroatoms. The third-order valence-corrected chi connectivity index (χ3v) is 3.35. The van der Waals surface area contributed by atoms with E-state index < -0.39 is 4.92 Å². The number of rotatable bonds is 4. The summed E-state index contributed by atoms with van der Waals surface area (Å²) in [7, 11) is 0. The Morgan fingerprint density at radius 2 is 2.11 bits per heavy atom. The second kappa shape index (κ2) is 5.77. The van der Waals surface area contributed by atoms with Crippen molar-refractivity contribution >= 4 is 11.5 Å². The van der Waals surface area contributed by atoms with Crippen molar-refractivity contribution in [3.8, 4) is 0 Å². The van der Waals surface area contributed by atoms with Gasteiger partial charge < -0.3 is 20.5 Å². The van der Waals surface area contributed by atoms with Crippen LogP contribution in [0.5, 0.6) is 0 Å². The van der Waals surface area contributed by atoms with Crippen LogP contribution in [0.2, 0.25) is 0 Å². The first-order valence-electron chi connectivity index (χ1n) is 6.17. The maximum Gasteiger partial charge on any atom is 0.363 e. The van der Waals surface area contributed by atoms with Crippen molar-refractivity contribution in [3.05, 3.63) is 28.4 Å². The van der Waals surface area contributed by atoms with E-state index >= 15 is 0 Å². The first kappa shape index (κ1) is 12.8. The van der Waals surface area contributed by atoms with Crippen LogP contribution in [0, 0.1) is 16.0 Å². The number of aliphatic hydroxyl groups is 1. The molecule has 1 heterocycles. The number of hydrogen-bond donors (Lipinski definition) is 2. The van der Waals surface area contributed by atoms with E-state index in [1.807, 2.05) is 0 Å². The van der Waals surface area contributed by atoms with Gasteiger partial charge in [0.2, 0.25) is 0 Å². The summed E-state index contributed by atoms with van der Waals surface area (Å²) in [6.45, 7) is 0.826. The maximum atomic E-state index is 10.4. The lowest BCUT2D eigenvalue weighted by atomic mass is 9.87. The fourth-order valence-electron chi connectivity index (χ4n) is 2.21. The zero-order chi connectivity index (χ0) is 13.0. The Bertz CT molecular complexity index is 400. The van der Waals surface area contributed by atoms with Crippen molar-refractivity contribution in [3.63, 3.8) is 0 Å². The first-order chi connectivity index (χ1) is 8.65. The van der Waals surface area contributed by atoms with Gasteiger partial charge in [-0.3, -0.25) is 0 Å². The number of pyridine rings is 1. The molecule has 0 saturated heterocycles. The number of hydrogen-bond acceptors (Lipinski definition) is 5. The van der Waals surface area contributed by atoms with E-state index in [9.17, 15) is 15.2 Å². The summed E-state index contributed by atoms with van der Waals surface area (Å²) in [5, 5.41) is 23.1. The average Bonchev–Trinajstić information content (AvgIpc) is 2.38. The fourth-order valence-corrected chi connectivity index (χ4v) is 2.21. The Morgan fingerprint density at radius 3 is 2.67 bits per heavy atom. The Labute approximate surface area is 105 Å². The van der Waals surface area contributed by atoms with Gasteiger partial charge in [-0.2, -0.15) is 0 Å². The predicted molar refractivity (Wildman–Crippen MR) is 67.3 cm³/mol. The average molecular weight is 251 g/mol. The fraction of sp³-hybridized carbons (Fsp3) is 0.583. The van der Waals surface area contributed by atoms with Gasteiger partial charge in [-0.1, -0.05) is 0 Å². The van der Waals surface area contributed by atoms with E-state index in [0.717, 1.165) is 37.9 Å². The highest BCUT2D eigenvalue weighted by Gasteiger charge is 2.19.